The first-order valence-electron chi connectivity index (χ1n) is 22.3. The zero-order valence-electron chi connectivity index (χ0n) is 37.5. The van der Waals surface area contributed by atoms with Crippen LogP contribution in [-0.4, -0.2) is 49.0 Å². The van der Waals surface area contributed by atoms with E-state index in [1.165, 1.54) is 0 Å². The molecule has 0 aliphatic rings. The van der Waals surface area contributed by atoms with Crippen LogP contribution in [-0.2, 0) is 0 Å². The first kappa shape index (κ1) is 40.3. The van der Waals surface area contributed by atoms with Gasteiger partial charge in [-0.15, -0.1) is 0 Å². The molecule has 0 aliphatic carbocycles. The van der Waals surface area contributed by atoms with Gasteiger partial charge in [0.2, 0.25) is 0 Å². The van der Waals surface area contributed by atoms with Gasteiger partial charge in [0, 0.05) is 49.4 Å². The van der Waals surface area contributed by atoms with Crippen molar-refractivity contribution in [2.45, 2.75) is 27.7 Å². The number of para-hydroxylation sites is 2. The van der Waals surface area contributed by atoms with Crippen molar-refractivity contribution in [2.24, 2.45) is 0 Å². The highest BCUT2D eigenvalue weighted by Crippen LogP contribution is 2.42. The number of rotatable bonds is 7. The molecule has 68 heavy (non-hydrogen) atoms. The molecule has 12 rings (SSSR count). The minimum Gasteiger partial charge on any atom is -0.307 e. The van der Waals surface area contributed by atoms with Crippen molar-refractivity contribution in [3.63, 3.8) is 0 Å². The van der Waals surface area contributed by atoms with Crippen molar-refractivity contribution in [1.82, 2.24) is 49.0 Å². The summed E-state index contributed by atoms with van der Waals surface area (Å²) in [5, 5.41) is 15.4. The van der Waals surface area contributed by atoms with E-state index >= 15 is 0 Å². The molecule has 11 heteroatoms. The van der Waals surface area contributed by atoms with Gasteiger partial charge in [-0.05, 0) is 94.4 Å². The Kier molecular flexibility index (Phi) is 9.48. The maximum absolute atomic E-state index is 11.3. The number of nitriles is 1. The van der Waals surface area contributed by atoms with Crippen LogP contribution in [0.5, 0.6) is 0 Å². The molecular weight excluding hydrogens is 839 g/mol. The second-order valence-electron chi connectivity index (χ2n) is 16.9. The maximum atomic E-state index is 11.3. The molecule has 7 aromatic carbocycles. The molecule has 0 bridgehead atoms. The monoisotopic (exact) mass is 877 g/mol. The van der Waals surface area contributed by atoms with Crippen LogP contribution >= 0.6 is 0 Å². The smallest absolute Gasteiger partial charge is 0.163 e. The molecular formula is C57H39N11. The molecule has 322 valence electrons. The third-order valence-electron chi connectivity index (χ3n) is 12.4. The molecule has 11 nitrogen and oxygen atoms in total. The first-order valence-corrected chi connectivity index (χ1v) is 22.3. The molecule has 0 spiro atoms. The van der Waals surface area contributed by atoms with Gasteiger partial charge in [-0.3, -0.25) is 0 Å². The average molecular weight is 878 g/mol. The van der Waals surface area contributed by atoms with Gasteiger partial charge in [0.1, 0.15) is 23.3 Å². The fraction of sp³-hybridized carbons (Fsp3) is 0.0702. The standard InChI is InChI=1S/C57H39N11/c1-33-59-34(2)62-55(61-33)39-23-25-51-45(27-39)42-19-11-13-21-49(42)67(51)53-29-41(32-58)44(57-65-47(37-15-7-5-8-16-37)31-48(66-57)38-17-9-6-10-18-38)30-54(53)68-50-22-14-12-20-43(50)46-28-40(24-26-52(46)68)56-63-35(3)60-36(4)64-56/h5-31H,1-4H3. The van der Waals surface area contributed by atoms with Crippen LogP contribution in [0.15, 0.2) is 164 Å². The van der Waals surface area contributed by atoms with Gasteiger partial charge in [0.05, 0.1) is 56.5 Å². The second kappa shape index (κ2) is 16.0. The summed E-state index contributed by atoms with van der Waals surface area (Å²) in [7, 11) is 0. The van der Waals surface area contributed by atoms with E-state index in [0.29, 0.717) is 51.9 Å². The minimum atomic E-state index is 0.426. The molecule has 0 saturated heterocycles. The summed E-state index contributed by atoms with van der Waals surface area (Å²) in [6.45, 7) is 7.55. The highest BCUT2D eigenvalue weighted by atomic mass is 15.1. The lowest BCUT2D eigenvalue weighted by atomic mass is 10.0. The fourth-order valence-electron chi connectivity index (χ4n) is 9.53. The number of hydrogen-bond acceptors (Lipinski definition) is 9. The van der Waals surface area contributed by atoms with Gasteiger partial charge in [-0.1, -0.05) is 97.1 Å². The minimum absolute atomic E-state index is 0.426. The Hall–Kier alpha value is -9.27. The SMILES string of the molecule is Cc1nc(C)nc(-c2ccc3c(c2)c2ccccc2n3-c2cc(C#N)c(-c3nc(-c4ccccc4)cc(-c4ccccc4)n3)cc2-n2c3ccccc3c3cc(-c4nc(C)nc(C)n4)ccc32)n1. The third kappa shape index (κ3) is 6.82. The quantitative estimate of drug-likeness (QED) is 0.153. The summed E-state index contributed by atoms with van der Waals surface area (Å²) in [4.78, 5) is 38.3. The van der Waals surface area contributed by atoms with Crippen molar-refractivity contribution in [1.29, 1.82) is 5.26 Å². The normalized spacial score (nSPS) is 11.5. The van der Waals surface area contributed by atoms with Crippen LogP contribution < -0.4 is 0 Å². The molecule has 0 fully saturated rings. The molecule has 5 heterocycles. The molecule has 0 saturated carbocycles. The summed E-state index contributed by atoms with van der Waals surface area (Å²) in [5.74, 6) is 4.32. The molecule has 0 N–H and O–H groups in total. The average Bonchev–Trinajstić information content (AvgIpc) is 3.88. The van der Waals surface area contributed by atoms with Crippen molar-refractivity contribution in [3.05, 3.63) is 193 Å². The number of fused-ring (bicyclic) bond motifs is 6. The number of aromatic nitrogens is 10. The summed E-state index contributed by atoms with van der Waals surface area (Å²) < 4.78 is 4.56. The lowest BCUT2D eigenvalue weighted by Crippen LogP contribution is -2.06. The zero-order chi connectivity index (χ0) is 46.0. The molecule has 5 aromatic heterocycles. The predicted molar refractivity (Wildman–Crippen MR) is 268 cm³/mol. The summed E-state index contributed by atoms with van der Waals surface area (Å²) in [5.41, 5.74) is 11.7. The Morgan fingerprint density at radius 2 is 0.765 bits per heavy atom. The van der Waals surface area contributed by atoms with E-state index in [0.717, 1.165) is 88.6 Å². The van der Waals surface area contributed by atoms with Gasteiger partial charge >= 0.3 is 0 Å². The maximum Gasteiger partial charge on any atom is 0.163 e. The largest absolute Gasteiger partial charge is 0.307 e. The van der Waals surface area contributed by atoms with E-state index in [-0.39, 0.29) is 0 Å². The first-order chi connectivity index (χ1) is 33.3. The fourth-order valence-corrected chi connectivity index (χ4v) is 9.53. The number of nitrogens with zero attached hydrogens (tertiary/aromatic N) is 11. The van der Waals surface area contributed by atoms with Crippen LogP contribution in [0.25, 0.3) is 112 Å². The molecule has 12 aromatic rings. The molecule has 0 aliphatic heterocycles. The lowest BCUT2D eigenvalue weighted by molar-refractivity contribution is 0.928. The Labute approximate surface area is 390 Å². The van der Waals surface area contributed by atoms with Crippen molar-refractivity contribution < 1.29 is 0 Å². The van der Waals surface area contributed by atoms with Crippen LogP contribution in [0.1, 0.15) is 28.9 Å². The molecule has 0 atom stereocenters. The highest BCUT2D eigenvalue weighted by molar-refractivity contribution is 6.13. The van der Waals surface area contributed by atoms with Gasteiger partial charge < -0.3 is 9.13 Å². The van der Waals surface area contributed by atoms with Crippen molar-refractivity contribution >= 4 is 43.6 Å². The van der Waals surface area contributed by atoms with Crippen molar-refractivity contribution in [3.8, 4) is 74.1 Å². The van der Waals surface area contributed by atoms with E-state index < -0.39 is 0 Å². The van der Waals surface area contributed by atoms with Gasteiger partial charge in [0.25, 0.3) is 0 Å². The molecule has 0 amide bonds. The van der Waals surface area contributed by atoms with Crippen LogP contribution in [0.2, 0.25) is 0 Å². The van der Waals surface area contributed by atoms with E-state index in [2.05, 4.69) is 116 Å². The lowest BCUT2D eigenvalue weighted by Gasteiger charge is -2.19. The Balaban J connectivity index is 1.18. The van der Waals surface area contributed by atoms with Crippen molar-refractivity contribution in [2.75, 3.05) is 0 Å². The zero-order valence-corrected chi connectivity index (χ0v) is 37.5. The highest BCUT2D eigenvalue weighted by Gasteiger charge is 2.25. The third-order valence-corrected chi connectivity index (χ3v) is 12.4. The summed E-state index contributed by atoms with van der Waals surface area (Å²) in [6, 6.07) is 58.4. The summed E-state index contributed by atoms with van der Waals surface area (Å²) in [6.07, 6.45) is 0. The van der Waals surface area contributed by atoms with Crippen LogP contribution in [0, 0.1) is 39.0 Å². The second-order valence-corrected chi connectivity index (χ2v) is 16.9. The number of benzene rings is 7. The van der Waals surface area contributed by atoms with Gasteiger partial charge in [-0.25, -0.2) is 39.9 Å². The molecule has 0 unspecified atom stereocenters. The van der Waals surface area contributed by atoms with E-state index in [9.17, 15) is 5.26 Å². The number of aryl methyl sites for hydroxylation is 4. The number of hydrogen-bond donors (Lipinski definition) is 0. The van der Waals surface area contributed by atoms with Gasteiger partial charge in [0.15, 0.2) is 17.5 Å². The Bertz CT molecular complexity index is 3940. The Morgan fingerprint density at radius 3 is 1.22 bits per heavy atom. The van der Waals surface area contributed by atoms with E-state index in [1.54, 1.807) is 0 Å². The van der Waals surface area contributed by atoms with E-state index in [1.807, 2.05) is 100 Å². The summed E-state index contributed by atoms with van der Waals surface area (Å²) >= 11 is 0. The van der Waals surface area contributed by atoms with Gasteiger partial charge in [-0.2, -0.15) is 5.26 Å². The van der Waals surface area contributed by atoms with Crippen LogP contribution in [0.3, 0.4) is 0 Å². The predicted octanol–water partition coefficient (Wildman–Crippen LogP) is 12.5. The Morgan fingerprint density at radius 1 is 0.353 bits per heavy atom. The van der Waals surface area contributed by atoms with E-state index in [4.69, 9.17) is 29.9 Å². The molecule has 0 radical (unpaired) electrons. The van der Waals surface area contributed by atoms with Crippen LogP contribution in [0.4, 0.5) is 0 Å². The topological polar surface area (TPSA) is 137 Å².